The highest BCUT2D eigenvalue weighted by Crippen LogP contribution is 2.20. The van der Waals surface area contributed by atoms with Gasteiger partial charge in [0.2, 0.25) is 0 Å². The number of carbonyl (C=O) groups is 1. The van der Waals surface area contributed by atoms with Crippen LogP contribution in [0.1, 0.15) is 25.3 Å². The number of fused-ring (bicyclic) bond motifs is 1. The summed E-state index contributed by atoms with van der Waals surface area (Å²) in [6.07, 6.45) is 4.78. The van der Waals surface area contributed by atoms with Gasteiger partial charge in [-0.2, -0.15) is 0 Å². The lowest BCUT2D eigenvalue weighted by molar-refractivity contribution is 0.00346. The molecule has 3 N–H and O–H groups in total. The molecule has 6 heteroatoms. The van der Waals surface area contributed by atoms with Gasteiger partial charge in [0.1, 0.15) is 5.82 Å². The number of hydrogen-bond donors (Lipinski definition) is 3. The molecule has 0 spiro atoms. The van der Waals surface area contributed by atoms with E-state index in [4.69, 9.17) is 4.74 Å². The molecule has 0 radical (unpaired) electrons. The first-order valence-corrected chi connectivity index (χ1v) is 8.50. The summed E-state index contributed by atoms with van der Waals surface area (Å²) in [5.74, 6) is 0.232. The molecule has 3 rings (SSSR count). The van der Waals surface area contributed by atoms with Crippen molar-refractivity contribution in [2.45, 2.75) is 32.3 Å². The van der Waals surface area contributed by atoms with Gasteiger partial charge in [-0.05, 0) is 55.9 Å². The normalized spacial score (nSPS) is 20.9. The molecule has 2 atom stereocenters. The van der Waals surface area contributed by atoms with Gasteiger partial charge in [-0.25, -0.2) is 9.18 Å². The van der Waals surface area contributed by atoms with Crippen molar-refractivity contribution in [1.29, 1.82) is 0 Å². The fraction of sp³-hybridized carbons (Fsp3) is 0.500. The molecule has 2 amide bonds. The summed E-state index contributed by atoms with van der Waals surface area (Å²) >= 11 is 0. The Bertz CT molecular complexity index is 701. The van der Waals surface area contributed by atoms with E-state index in [-0.39, 0.29) is 18.0 Å². The van der Waals surface area contributed by atoms with E-state index in [0.717, 1.165) is 35.9 Å². The number of urea groups is 1. The standard InChI is InChI=1S/C18H24FN3O2/c1-12-8-13(5-7-24-12)10-22-18(23)20-6-4-14-11-21-17-3-2-15(19)9-16(14)17/h2-3,9,11-13,21H,4-8,10H2,1H3,(H2,20,22,23)/t12-,13-/m1/s1. The van der Waals surface area contributed by atoms with Gasteiger partial charge in [0, 0.05) is 36.8 Å². The van der Waals surface area contributed by atoms with Crippen LogP contribution >= 0.6 is 0 Å². The van der Waals surface area contributed by atoms with E-state index in [2.05, 4.69) is 22.5 Å². The van der Waals surface area contributed by atoms with E-state index < -0.39 is 0 Å². The second-order valence-electron chi connectivity index (χ2n) is 6.46. The van der Waals surface area contributed by atoms with Crippen molar-refractivity contribution < 1.29 is 13.9 Å². The van der Waals surface area contributed by atoms with E-state index in [1.165, 1.54) is 12.1 Å². The summed E-state index contributed by atoms with van der Waals surface area (Å²) < 4.78 is 18.9. The van der Waals surface area contributed by atoms with E-state index in [1.807, 2.05) is 6.20 Å². The predicted octanol–water partition coefficient (Wildman–Crippen LogP) is 2.96. The average molecular weight is 333 g/mol. The molecular formula is C18H24FN3O2. The van der Waals surface area contributed by atoms with Gasteiger partial charge < -0.3 is 20.4 Å². The average Bonchev–Trinajstić information content (AvgIpc) is 2.95. The molecule has 24 heavy (non-hydrogen) atoms. The van der Waals surface area contributed by atoms with Crippen LogP contribution in [0.15, 0.2) is 24.4 Å². The van der Waals surface area contributed by atoms with Crippen LogP contribution in [-0.4, -0.2) is 36.8 Å². The molecule has 0 bridgehead atoms. The summed E-state index contributed by atoms with van der Waals surface area (Å²) in [5.41, 5.74) is 1.91. The summed E-state index contributed by atoms with van der Waals surface area (Å²) in [7, 11) is 0. The molecule has 1 aromatic heterocycles. The van der Waals surface area contributed by atoms with E-state index in [9.17, 15) is 9.18 Å². The number of H-pyrrole nitrogens is 1. The van der Waals surface area contributed by atoms with Crippen LogP contribution in [0, 0.1) is 11.7 Å². The third-order valence-corrected chi connectivity index (χ3v) is 4.55. The Hall–Kier alpha value is -2.08. The zero-order chi connectivity index (χ0) is 16.9. The number of aromatic nitrogens is 1. The van der Waals surface area contributed by atoms with Gasteiger partial charge in [-0.15, -0.1) is 0 Å². The molecule has 1 aliphatic rings. The van der Waals surface area contributed by atoms with Crippen molar-refractivity contribution in [2.24, 2.45) is 5.92 Å². The Morgan fingerprint density at radius 2 is 2.29 bits per heavy atom. The Morgan fingerprint density at radius 3 is 3.12 bits per heavy atom. The number of aromatic amines is 1. The quantitative estimate of drug-likeness (QED) is 0.787. The Kier molecular flexibility index (Phi) is 5.35. The zero-order valence-electron chi connectivity index (χ0n) is 13.9. The summed E-state index contributed by atoms with van der Waals surface area (Å²) in [6, 6.07) is 4.53. The fourth-order valence-corrected chi connectivity index (χ4v) is 3.24. The number of nitrogens with one attached hydrogen (secondary N) is 3. The zero-order valence-corrected chi connectivity index (χ0v) is 13.9. The number of hydrogen-bond acceptors (Lipinski definition) is 2. The van der Waals surface area contributed by atoms with Gasteiger partial charge in [0.15, 0.2) is 0 Å². The molecule has 0 unspecified atom stereocenters. The fourth-order valence-electron chi connectivity index (χ4n) is 3.24. The van der Waals surface area contributed by atoms with Crippen molar-refractivity contribution in [3.63, 3.8) is 0 Å². The predicted molar refractivity (Wildman–Crippen MR) is 91.5 cm³/mol. The summed E-state index contributed by atoms with van der Waals surface area (Å²) in [6.45, 7) is 4.03. The molecule has 1 aromatic carbocycles. The minimum atomic E-state index is -0.250. The van der Waals surface area contributed by atoms with Gasteiger partial charge >= 0.3 is 6.03 Å². The number of carbonyl (C=O) groups excluding carboxylic acids is 1. The van der Waals surface area contributed by atoms with Crippen molar-refractivity contribution in [3.05, 3.63) is 35.8 Å². The van der Waals surface area contributed by atoms with Crippen molar-refractivity contribution in [2.75, 3.05) is 19.7 Å². The van der Waals surface area contributed by atoms with E-state index in [0.29, 0.717) is 25.4 Å². The van der Waals surface area contributed by atoms with Gasteiger partial charge in [0.05, 0.1) is 6.10 Å². The summed E-state index contributed by atoms with van der Waals surface area (Å²) in [4.78, 5) is 15.0. The number of amides is 2. The molecule has 130 valence electrons. The monoisotopic (exact) mass is 333 g/mol. The van der Waals surface area contributed by atoms with Crippen LogP contribution in [-0.2, 0) is 11.2 Å². The Balaban J connectivity index is 1.42. The van der Waals surface area contributed by atoms with Crippen LogP contribution in [0.3, 0.4) is 0 Å². The molecule has 1 fully saturated rings. The Morgan fingerprint density at radius 1 is 1.42 bits per heavy atom. The van der Waals surface area contributed by atoms with E-state index >= 15 is 0 Å². The molecule has 2 heterocycles. The highest BCUT2D eigenvalue weighted by atomic mass is 19.1. The van der Waals surface area contributed by atoms with Gasteiger partial charge in [0.25, 0.3) is 0 Å². The van der Waals surface area contributed by atoms with Crippen LogP contribution in [0.2, 0.25) is 0 Å². The molecule has 0 saturated carbocycles. The molecule has 1 aliphatic heterocycles. The van der Waals surface area contributed by atoms with E-state index in [1.54, 1.807) is 6.07 Å². The van der Waals surface area contributed by atoms with Gasteiger partial charge in [-0.3, -0.25) is 0 Å². The minimum Gasteiger partial charge on any atom is -0.378 e. The van der Waals surface area contributed by atoms with Crippen LogP contribution < -0.4 is 10.6 Å². The largest absolute Gasteiger partial charge is 0.378 e. The molecule has 2 aromatic rings. The third kappa shape index (κ3) is 4.26. The highest BCUT2D eigenvalue weighted by Gasteiger charge is 2.19. The van der Waals surface area contributed by atoms with Crippen LogP contribution in [0.5, 0.6) is 0 Å². The van der Waals surface area contributed by atoms with Gasteiger partial charge in [-0.1, -0.05) is 0 Å². The lowest BCUT2D eigenvalue weighted by atomic mass is 9.96. The van der Waals surface area contributed by atoms with Crippen LogP contribution in [0.4, 0.5) is 9.18 Å². The maximum Gasteiger partial charge on any atom is 0.314 e. The number of halogens is 1. The SMILES string of the molecule is C[C@@H]1C[C@H](CNC(=O)NCCc2c[nH]c3ccc(F)cc23)CCO1. The maximum absolute atomic E-state index is 13.3. The summed E-state index contributed by atoms with van der Waals surface area (Å²) in [5, 5.41) is 6.66. The first-order valence-electron chi connectivity index (χ1n) is 8.50. The second-order valence-corrected chi connectivity index (χ2v) is 6.46. The van der Waals surface area contributed by atoms with Crippen LogP contribution in [0.25, 0.3) is 10.9 Å². The molecule has 0 aliphatic carbocycles. The Labute approximate surface area is 141 Å². The third-order valence-electron chi connectivity index (χ3n) is 4.55. The molecular weight excluding hydrogens is 309 g/mol. The first kappa shape index (κ1) is 16.8. The van der Waals surface area contributed by atoms with Crippen molar-refractivity contribution >= 4 is 16.9 Å². The number of rotatable bonds is 5. The van der Waals surface area contributed by atoms with Crippen molar-refractivity contribution in [3.8, 4) is 0 Å². The molecule has 1 saturated heterocycles. The lowest BCUT2D eigenvalue weighted by Gasteiger charge is -2.27. The number of ether oxygens (including phenoxy) is 1. The smallest absolute Gasteiger partial charge is 0.314 e. The lowest BCUT2D eigenvalue weighted by Crippen LogP contribution is -2.40. The second kappa shape index (κ2) is 7.66. The first-order chi connectivity index (χ1) is 11.6. The topological polar surface area (TPSA) is 66.2 Å². The maximum atomic E-state index is 13.3. The molecule has 5 nitrogen and oxygen atoms in total. The highest BCUT2D eigenvalue weighted by molar-refractivity contribution is 5.83. The minimum absolute atomic E-state index is 0.153. The van der Waals surface area contributed by atoms with Crippen molar-refractivity contribution in [1.82, 2.24) is 15.6 Å². The number of benzene rings is 1.